The zero-order valence-corrected chi connectivity index (χ0v) is 21.1. The maximum absolute atomic E-state index is 13.3. The predicted molar refractivity (Wildman–Crippen MR) is 132 cm³/mol. The number of hydrogen-bond donors (Lipinski definition) is 0. The zero-order chi connectivity index (χ0) is 24.8. The summed E-state index contributed by atoms with van der Waals surface area (Å²) in [5.41, 5.74) is 1.72. The number of nitrogens with zero attached hydrogens (tertiary/aromatic N) is 3. The van der Waals surface area contributed by atoms with Gasteiger partial charge in [-0.15, -0.1) is 0 Å². The van der Waals surface area contributed by atoms with Gasteiger partial charge < -0.3 is 9.64 Å². The predicted octanol–water partition coefficient (Wildman–Crippen LogP) is 1.78. The minimum atomic E-state index is -3.63. The molecule has 1 aliphatic rings. The Morgan fingerprint density at radius 3 is 2.12 bits per heavy atom. The van der Waals surface area contributed by atoms with Gasteiger partial charge in [0.25, 0.3) is 0 Å². The lowest BCUT2D eigenvalue weighted by Crippen LogP contribution is -2.48. The third-order valence-electron chi connectivity index (χ3n) is 5.76. The number of sulfonamides is 2. The molecule has 1 aliphatic heterocycles. The van der Waals surface area contributed by atoms with E-state index in [0.29, 0.717) is 50.4 Å². The molecule has 34 heavy (non-hydrogen) atoms. The van der Waals surface area contributed by atoms with Gasteiger partial charge in [-0.1, -0.05) is 30.3 Å². The molecule has 2 aromatic rings. The van der Waals surface area contributed by atoms with Crippen molar-refractivity contribution in [3.63, 3.8) is 0 Å². The first kappa shape index (κ1) is 26.1. The Kier molecular flexibility index (Phi) is 8.69. The molecule has 0 unspecified atom stereocenters. The Morgan fingerprint density at radius 1 is 0.941 bits per heavy atom. The van der Waals surface area contributed by atoms with Gasteiger partial charge in [-0.05, 0) is 42.8 Å². The van der Waals surface area contributed by atoms with E-state index >= 15 is 0 Å². The van der Waals surface area contributed by atoms with Crippen molar-refractivity contribution in [3.8, 4) is 0 Å². The average molecular weight is 510 g/mol. The molecule has 0 amide bonds. The first-order chi connectivity index (χ1) is 16.1. The number of methoxy groups -OCH3 is 1. The molecule has 0 radical (unpaired) electrons. The molecule has 0 bridgehead atoms. The van der Waals surface area contributed by atoms with Crippen LogP contribution in [0.1, 0.15) is 22.3 Å². The summed E-state index contributed by atoms with van der Waals surface area (Å²) in [5, 5.41) is 0. The summed E-state index contributed by atoms with van der Waals surface area (Å²) in [7, 11) is -5.52. The van der Waals surface area contributed by atoms with Gasteiger partial charge in [-0.25, -0.2) is 21.6 Å². The molecule has 9 nitrogen and oxygen atoms in total. The van der Waals surface area contributed by atoms with Crippen molar-refractivity contribution in [2.75, 3.05) is 56.1 Å². The molecule has 3 rings (SSSR count). The summed E-state index contributed by atoms with van der Waals surface area (Å²) < 4.78 is 57.5. The van der Waals surface area contributed by atoms with Crippen molar-refractivity contribution in [1.29, 1.82) is 0 Å². The van der Waals surface area contributed by atoms with Gasteiger partial charge >= 0.3 is 5.97 Å². The van der Waals surface area contributed by atoms with E-state index in [0.717, 1.165) is 5.56 Å². The van der Waals surface area contributed by atoms with Gasteiger partial charge in [-0.3, -0.25) is 4.31 Å². The van der Waals surface area contributed by atoms with E-state index in [1.165, 1.54) is 22.0 Å². The van der Waals surface area contributed by atoms with Crippen LogP contribution in [0.15, 0.2) is 54.6 Å². The van der Waals surface area contributed by atoms with Gasteiger partial charge in [-0.2, -0.15) is 4.31 Å². The molecular weight excluding hydrogens is 478 g/mol. The Hall–Kier alpha value is -2.47. The molecule has 0 spiro atoms. The van der Waals surface area contributed by atoms with Crippen LogP contribution in [-0.2, 0) is 31.3 Å². The fourth-order valence-corrected chi connectivity index (χ4v) is 6.17. The number of para-hydroxylation sites is 1. The number of carbonyl (C=O) groups is 1. The van der Waals surface area contributed by atoms with Crippen molar-refractivity contribution in [2.24, 2.45) is 0 Å². The summed E-state index contributed by atoms with van der Waals surface area (Å²) in [4.78, 5) is 13.8. The SMILES string of the molecule is COC(=O)c1ccc(CN(c2ccccc2)S(=O)(=O)CCCN2CCN(S(C)(=O)=O)CC2)cc1. The Labute approximate surface area is 202 Å². The third-order valence-corrected chi connectivity index (χ3v) is 8.88. The van der Waals surface area contributed by atoms with E-state index in [1.807, 2.05) is 6.07 Å². The monoisotopic (exact) mass is 509 g/mol. The normalized spacial score (nSPS) is 15.7. The molecule has 11 heteroatoms. The molecule has 0 atom stereocenters. The van der Waals surface area contributed by atoms with Gasteiger partial charge in [0.15, 0.2) is 0 Å². The van der Waals surface area contributed by atoms with Crippen LogP contribution < -0.4 is 4.31 Å². The third kappa shape index (κ3) is 7.02. The topological polar surface area (TPSA) is 104 Å². The molecule has 0 aliphatic carbocycles. The van der Waals surface area contributed by atoms with Crippen LogP contribution >= 0.6 is 0 Å². The van der Waals surface area contributed by atoms with E-state index in [1.54, 1.807) is 48.5 Å². The summed E-state index contributed by atoms with van der Waals surface area (Å²) in [6.45, 7) is 2.73. The van der Waals surface area contributed by atoms with Crippen molar-refractivity contribution in [3.05, 3.63) is 65.7 Å². The maximum atomic E-state index is 13.3. The number of rotatable bonds is 10. The highest BCUT2D eigenvalue weighted by atomic mass is 32.2. The largest absolute Gasteiger partial charge is 0.465 e. The Morgan fingerprint density at radius 2 is 1.56 bits per heavy atom. The summed E-state index contributed by atoms with van der Waals surface area (Å²) >= 11 is 0. The number of carbonyl (C=O) groups excluding carboxylic acids is 1. The second-order valence-corrected chi connectivity index (χ2v) is 12.2. The van der Waals surface area contributed by atoms with Crippen LogP contribution in [0.25, 0.3) is 0 Å². The maximum Gasteiger partial charge on any atom is 0.337 e. The highest BCUT2D eigenvalue weighted by molar-refractivity contribution is 7.92. The lowest BCUT2D eigenvalue weighted by atomic mass is 10.1. The fourth-order valence-electron chi connectivity index (χ4n) is 3.84. The molecule has 0 N–H and O–H groups in total. The zero-order valence-electron chi connectivity index (χ0n) is 19.5. The highest BCUT2D eigenvalue weighted by Gasteiger charge is 2.25. The van der Waals surface area contributed by atoms with Crippen LogP contribution in [0, 0.1) is 0 Å². The van der Waals surface area contributed by atoms with Crippen molar-refractivity contribution < 1.29 is 26.4 Å². The van der Waals surface area contributed by atoms with Crippen molar-refractivity contribution >= 4 is 31.7 Å². The first-order valence-electron chi connectivity index (χ1n) is 11.0. The first-order valence-corrected chi connectivity index (χ1v) is 14.5. The Balaban J connectivity index is 1.65. The van der Waals surface area contributed by atoms with Gasteiger partial charge in [0.1, 0.15) is 0 Å². The van der Waals surface area contributed by atoms with Crippen LogP contribution in [0.4, 0.5) is 5.69 Å². The van der Waals surface area contributed by atoms with E-state index in [-0.39, 0.29) is 12.3 Å². The fraction of sp³-hybridized carbons (Fsp3) is 0.435. The van der Waals surface area contributed by atoms with Crippen LogP contribution in [0.3, 0.4) is 0 Å². The number of ether oxygens (including phenoxy) is 1. The minimum absolute atomic E-state index is 0.0333. The van der Waals surface area contributed by atoms with Crippen molar-refractivity contribution in [1.82, 2.24) is 9.21 Å². The van der Waals surface area contributed by atoms with E-state index in [4.69, 9.17) is 4.74 Å². The van der Waals surface area contributed by atoms with E-state index < -0.39 is 26.0 Å². The summed E-state index contributed by atoms with van der Waals surface area (Å²) in [6, 6.07) is 15.6. The molecule has 1 fully saturated rings. The quantitative estimate of drug-likeness (QED) is 0.450. The van der Waals surface area contributed by atoms with Crippen molar-refractivity contribution in [2.45, 2.75) is 13.0 Å². The second-order valence-electron chi connectivity index (χ2n) is 8.20. The molecule has 1 saturated heterocycles. The van der Waals surface area contributed by atoms with Crippen LogP contribution in [0.5, 0.6) is 0 Å². The van der Waals surface area contributed by atoms with E-state index in [9.17, 15) is 21.6 Å². The molecule has 2 aromatic carbocycles. The second kappa shape index (κ2) is 11.3. The minimum Gasteiger partial charge on any atom is -0.465 e. The van der Waals surface area contributed by atoms with E-state index in [2.05, 4.69) is 4.90 Å². The number of anilines is 1. The summed E-state index contributed by atoms with van der Waals surface area (Å²) in [5.74, 6) is -0.481. The molecule has 0 saturated carbocycles. The Bertz CT molecular complexity index is 1160. The number of esters is 1. The molecular formula is C23H31N3O6S2. The standard InChI is InChI=1S/C23H31N3O6S2/c1-32-23(27)21-11-9-20(10-12-21)19-26(22-7-4-3-5-8-22)34(30,31)18-6-13-24-14-16-25(17-15-24)33(2,28)29/h3-5,7-12H,6,13-19H2,1-2H3. The van der Waals surface area contributed by atoms with Crippen LogP contribution in [0.2, 0.25) is 0 Å². The molecule has 1 heterocycles. The molecule has 0 aromatic heterocycles. The smallest absolute Gasteiger partial charge is 0.337 e. The lowest BCUT2D eigenvalue weighted by molar-refractivity contribution is 0.0600. The lowest BCUT2D eigenvalue weighted by Gasteiger charge is -2.33. The number of hydrogen-bond acceptors (Lipinski definition) is 7. The average Bonchev–Trinajstić information content (AvgIpc) is 2.82. The highest BCUT2D eigenvalue weighted by Crippen LogP contribution is 2.22. The van der Waals surface area contributed by atoms with Gasteiger partial charge in [0.2, 0.25) is 20.0 Å². The van der Waals surface area contributed by atoms with Crippen LogP contribution in [-0.4, -0.2) is 83.9 Å². The number of piperazine rings is 1. The summed E-state index contributed by atoms with van der Waals surface area (Å²) in [6.07, 6.45) is 1.64. The molecule has 186 valence electrons. The number of benzene rings is 2. The van der Waals surface area contributed by atoms with Gasteiger partial charge in [0.05, 0.1) is 36.9 Å². The van der Waals surface area contributed by atoms with Gasteiger partial charge in [0, 0.05) is 26.2 Å².